The van der Waals surface area contributed by atoms with E-state index in [1.807, 2.05) is 0 Å². The van der Waals surface area contributed by atoms with Crippen LogP contribution in [0.15, 0.2) is 24.3 Å². The van der Waals surface area contributed by atoms with Gasteiger partial charge in [0.2, 0.25) is 5.91 Å². The smallest absolute Gasteiger partial charge is 0.336 e. The Balaban J connectivity index is 2.17. The van der Waals surface area contributed by atoms with E-state index in [4.69, 9.17) is 9.84 Å². The van der Waals surface area contributed by atoms with Gasteiger partial charge in [-0.2, -0.15) is 0 Å². The van der Waals surface area contributed by atoms with E-state index in [1.165, 1.54) is 0 Å². The third kappa shape index (κ3) is 2.62. The van der Waals surface area contributed by atoms with Crippen LogP contribution in [0.2, 0.25) is 0 Å². The van der Waals surface area contributed by atoms with Gasteiger partial charge in [-0.3, -0.25) is 4.79 Å². The molecule has 1 saturated heterocycles. The molecule has 0 radical (unpaired) electrons. The summed E-state index contributed by atoms with van der Waals surface area (Å²) in [5.74, 6) is -1.07. The van der Waals surface area contributed by atoms with Crippen LogP contribution in [-0.4, -0.2) is 41.6 Å². The minimum absolute atomic E-state index is 0.0786. The Morgan fingerprint density at radius 3 is 2.88 bits per heavy atom. The van der Waals surface area contributed by atoms with Crippen LogP contribution in [0.1, 0.15) is 15.9 Å². The number of carboxylic acids is 1. The summed E-state index contributed by atoms with van der Waals surface area (Å²) in [6.45, 7) is 1.41. The number of benzene rings is 1. The summed E-state index contributed by atoms with van der Waals surface area (Å²) < 4.78 is 5.02. The minimum Gasteiger partial charge on any atom is -0.478 e. The van der Waals surface area contributed by atoms with E-state index < -0.39 is 5.97 Å². The highest BCUT2D eigenvalue weighted by atomic mass is 16.5. The summed E-state index contributed by atoms with van der Waals surface area (Å²) in [4.78, 5) is 24.2. The molecular weight excluding hydrogens is 222 g/mol. The molecule has 0 bridgehead atoms. The molecule has 0 saturated carbocycles. The first-order valence-corrected chi connectivity index (χ1v) is 5.35. The van der Waals surface area contributed by atoms with Crippen LogP contribution in [0, 0.1) is 0 Å². The standard InChI is InChI=1S/C12H13NO4/c14-11-8-17-6-5-13(11)7-9-3-1-2-4-10(9)12(15)16/h1-4H,5-8H2,(H,15,16). The molecule has 1 N–H and O–H groups in total. The van der Waals surface area contributed by atoms with Crippen molar-refractivity contribution >= 4 is 11.9 Å². The van der Waals surface area contributed by atoms with Crippen LogP contribution in [0.3, 0.4) is 0 Å². The highest BCUT2D eigenvalue weighted by molar-refractivity contribution is 5.89. The largest absolute Gasteiger partial charge is 0.478 e. The molecule has 1 aromatic carbocycles. The number of morpholine rings is 1. The zero-order valence-corrected chi connectivity index (χ0v) is 9.26. The van der Waals surface area contributed by atoms with Crippen molar-refractivity contribution in [2.24, 2.45) is 0 Å². The molecule has 5 heteroatoms. The molecule has 5 nitrogen and oxygen atoms in total. The van der Waals surface area contributed by atoms with E-state index in [2.05, 4.69) is 0 Å². The number of hydrogen-bond acceptors (Lipinski definition) is 3. The number of rotatable bonds is 3. The SMILES string of the molecule is O=C(O)c1ccccc1CN1CCOCC1=O. The van der Waals surface area contributed by atoms with E-state index in [0.717, 1.165) is 0 Å². The molecule has 1 aromatic rings. The zero-order chi connectivity index (χ0) is 12.3. The number of carbonyl (C=O) groups excluding carboxylic acids is 1. The van der Waals surface area contributed by atoms with Crippen molar-refractivity contribution in [3.63, 3.8) is 0 Å². The second kappa shape index (κ2) is 4.97. The van der Waals surface area contributed by atoms with E-state index in [9.17, 15) is 9.59 Å². The Labute approximate surface area is 98.6 Å². The van der Waals surface area contributed by atoms with Gasteiger partial charge < -0.3 is 14.7 Å². The Bertz CT molecular complexity index is 444. The number of carboxylic acid groups (broad SMARTS) is 1. The summed E-state index contributed by atoms with van der Waals surface area (Å²) in [6.07, 6.45) is 0. The van der Waals surface area contributed by atoms with Crippen molar-refractivity contribution in [3.05, 3.63) is 35.4 Å². The number of ether oxygens (including phenoxy) is 1. The van der Waals surface area contributed by atoms with Gasteiger partial charge in [0.05, 0.1) is 12.2 Å². The number of hydrogen-bond donors (Lipinski definition) is 1. The van der Waals surface area contributed by atoms with Crippen LogP contribution in [-0.2, 0) is 16.1 Å². The molecule has 0 aliphatic carbocycles. The van der Waals surface area contributed by atoms with Crippen LogP contribution in [0.5, 0.6) is 0 Å². The molecule has 1 aliphatic heterocycles. The number of amides is 1. The lowest BCUT2D eigenvalue weighted by Gasteiger charge is -2.27. The molecule has 0 unspecified atom stereocenters. The maximum Gasteiger partial charge on any atom is 0.336 e. The predicted octanol–water partition coefficient (Wildman–Crippen LogP) is 0.744. The highest BCUT2D eigenvalue weighted by Gasteiger charge is 2.20. The van der Waals surface area contributed by atoms with Gasteiger partial charge in [0.15, 0.2) is 0 Å². The fourth-order valence-electron chi connectivity index (χ4n) is 1.79. The summed E-state index contributed by atoms with van der Waals surface area (Å²) >= 11 is 0. The highest BCUT2D eigenvalue weighted by Crippen LogP contribution is 2.13. The molecule has 0 spiro atoms. The molecule has 1 heterocycles. The van der Waals surface area contributed by atoms with Gasteiger partial charge in [0.25, 0.3) is 0 Å². The Hall–Kier alpha value is -1.88. The first-order valence-electron chi connectivity index (χ1n) is 5.35. The maximum absolute atomic E-state index is 11.5. The van der Waals surface area contributed by atoms with Crippen molar-refractivity contribution in [2.45, 2.75) is 6.54 Å². The Kier molecular flexibility index (Phi) is 3.39. The van der Waals surface area contributed by atoms with Gasteiger partial charge in [-0.15, -0.1) is 0 Å². The lowest BCUT2D eigenvalue weighted by Crippen LogP contribution is -2.41. The first-order chi connectivity index (χ1) is 8.18. The summed E-state index contributed by atoms with van der Waals surface area (Å²) in [5.41, 5.74) is 0.891. The lowest BCUT2D eigenvalue weighted by atomic mass is 10.1. The molecule has 90 valence electrons. The lowest BCUT2D eigenvalue weighted by molar-refractivity contribution is -0.143. The van der Waals surface area contributed by atoms with Crippen LogP contribution in [0.25, 0.3) is 0 Å². The molecule has 1 fully saturated rings. The fourth-order valence-corrected chi connectivity index (χ4v) is 1.79. The average Bonchev–Trinajstić information content (AvgIpc) is 2.32. The van der Waals surface area contributed by atoms with Gasteiger partial charge in [-0.25, -0.2) is 4.79 Å². The van der Waals surface area contributed by atoms with Gasteiger partial charge in [-0.05, 0) is 11.6 Å². The Morgan fingerprint density at radius 2 is 2.18 bits per heavy atom. The zero-order valence-electron chi connectivity index (χ0n) is 9.26. The predicted molar refractivity (Wildman–Crippen MR) is 59.6 cm³/mol. The number of nitrogens with zero attached hydrogens (tertiary/aromatic N) is 1. The van der Waals surface area contributed by atoms with Crippen molar-refractivity contribution in [3.8, 4) is 0 Å². The molecule has 0 aromatic heterocycles. The average molecular weight is 235 g/mol. The van der Waals surface area contributed by atoms with Crippen LogP contribution < -0.4 is 0 Å². The summed E-state index contributed by atoms with van der Waals surface area (Å²) in [5, 5.41) is 9.03. The monoisotopic (exact) mass is 235 g/mol. The number of aromatic carboxylic acids is 1. The quantitative estimate of drug-likeness (QED) is 0.839. The van der Waals surface area contributed by atoms with Crippen molar-refractivity contribution in [2.75, 3.05) is 19.8 Å². The van der Waals surface area contributed by atoms with Crippen molar-refractivity contribution < 1.29 is 19.4 Å². The summed E-state index contributed by atoms with van der Waals surface area (Å²) in [7, 11) is 0. The maximum atomic E-state index is 11.5. The first kappa shape index (κ1) is 11.6. The van der Waals surface area contributed by atoms with E-state index >= 15 is 0 Å². The third-order valence-corrected chi connectivity index (χ3v) is 2.69. The second-order valence-corrected chi connectivity index (χ2v) is 3.83. The van der Waals surface area contributed by atoms with Gasteiger partial charge >= 0.3 is 5.97 Å². The van der Waals surface area contributed by atoms with Crippen molar-refractivity contribution in [1.29, 1.82) is 0 Å². The third-order valence-electron chi connectivity index (χ3n) is 2.69. The minimum atomic E-state index is -0.971. The Morgan fingerprint density at radius 1 is 1.41 bits per heavy atom. The van der Waals surface area contributed by atoms with Gasteiger partial charge in [-0.1, -0.05) is 18.2 Å². The number of carbonyl (C=O) groups is 2. The molecule has 17 heavy (non-hydrogen) atoms. The van der Waals surface area contributed by atoms with E-state index in [-0.39, 0.29) is 18.1 Å². The molecular formula is C12H13NO4. The molecule has 1 aliphatic rings. The van der Waals surface area contributed by atoms with Crippen molar-refractivity contribution in [1.82, 2.24) is 4.90 Å². The van der Waals surface area contributed by atoms with E-state index in [1.54, 1.807) is 29.2 Å². The van der Waals surface area contributed by atoms with Gasteiger partial charge in [0, 0.05) is 13.1 Å². The van der Waals surface area contributed by atoms with E-state index in [0.29, 0.717) is 25.3 Å². The fraction of sp³-hybridized carbons (Fsp3) is 0.333. The topological polar surface area (TPSA) is 66.8 Å². The molecule has 0 atom stereocenters. The van der Waals surface area contributed by atoms with Crippen LogP contribution >= 0.6 is 0 Å². The van der Waals surface area contributed by atoms with Crippen LogP contribution in [0.4, 0.5) is 0 Å². The second-order valence-electron chi connectivity index (χ2n) is 3.83. The summed E-state index contributed by atoms with van der Waals surface area (Å²) in [6, 6.07) is 6.72. The normalized spacial score (nSPS) is 16.0. The molecule has 1 amide bonds. The molecule has 2 rings (SSSR count). The van der Waals surface area contributed by atoms with Gasteiger partial charge in [0.1, 0.15) is 6.61 Å².